The Kier molecular flexibility index (Phi) is 4.99. The maximum Gasteiger partial charge on any atom is 0.255 e. The molecule has 2 aromatic rings. The Morgan fingerprint density at radius 3 is 3.00 bits per heavy atom. The lowest BCUT2D eigenvalue weighted by Gasteiger charge is -2.26. The average molecular weight is 330 g/mol. The van der Waals surface area contributed by atoms with Crippen LogP contribution in [0, 0.1) is 5.92 Å². The van der Waals surface area contributed by atoms with E-state index >= 15 is 0 Å². The normalized spacial score (nSPS) is 18.4. The lowest BCUT2D eigenvalue weighted by Crippen LogP contribution is -2.37. The zero-order valence-corrected chi connectivity index (χ0v) is 14.6. The van der Waals surface area contributed by atoms with Crippen molar-refractivity contribution >= 4 is 5.91 Å². The van der Waals surface area contributed by atoms with Crippen LogP contribution >= 0.6 is 0 Å². The van der Waals surface area contributed by atoms with Gasteiger partial charge in [0, 0.05) is 31.5 Å². The van der Waals surface area contributed by atoms with Crippen LogP contribution in [0.4, 0.5) is 0 Å². The predicted octanol–water partition coefficient (Wildman–Crippen LogP) is 1.02. The Balaban J connectivity index is 1.65. The molecule has 3 rings (SSSR count). The molecule has 0 spiro atoms. The van der Waals surface area contributed by atoms with Crippen molar-refractivity contribution in [2.24, 2.45) is 5.92 Å². The first kappa shape index (κ1) is 16.7. The lowest BCUT2D eigenvalue weighted by molar-refractivity contribution is 0.0934. The number of aryl methyl sites for hydroxylation is 1. The molecule has 1 N–H and O–H groups in total. The summed E-state index contributed by atoms with van der Waals surface area (Å²) >= 11 is 0. The molecule has 0 aromatic carbocycles. The summed E-state index contributed by atoms with van der Waals surface area (Å²) in [4.78, 5) is 14.9. The molecule has 0 saturated carbocycles. The first-order valence-corrected chi connectivity index (χ1v) is 8.50. The Bertz CT molecular complexity index is 675. The van der Waals surface area contributed by atoms with E-state index in [2.05, 4.69) is 34.5 Å². The van der Waals surface area contributed by atoms with Gasteiger partial charge in [0.25, 0.3) is 5.91 Å². The minimum atomic E-state index is -0.0404. The van der Waals surface area contributed by atoms with E-state index in [0.717, 1.165) is 31.6 Å². The van der Waals surface area contributed by atoms with E-state index in [9.17, 15) is 4.79 Å². The Labute approximate surface area is 142 Å². The second-order valence-corrected chi connectivity index (χ2v) is 6.95. The van der Waals surface area contributed by atoms with Gasteiger partial charge >= 0.3 is 0 Å². The fourth-order valence-corrected chi connectivity index (χ4v) is 3.40. The van der Waals surface area contributed by atoms with E-state index in [1.165, 1.54) is 0 Å². The van der Waals surface area contributed by atoms with E-state index in [-0.39, 0.29) is 11.9 Å². The summed E-state index contributed by atoms with van der Waals surface area (Å²) < 4.78 is 3.81. The monoisotopic (exact) mass is 330 g/mol. The highest BCUT2D eigenvalue weighted by Gasteiger charge is 2.26. The highest BCUT2D eigenvalue weighted by molar-refractivity contribution is 5.95. The van der Waals surface area contributed by atoms with E-state index < -0.39 is 0 Å². The van der Waals surface area contributed by atoms with Crippen molar-refractivity contribution in [2.75, 3.05) is 20.6 Å². The molecule has 0 radical (unpaired) electrons. The molecule has 0 bridgehead atoms. The predicted molar refractivity (Wildman–Crippen MR) is 91.7 cm³/mol. The summed E-state index contributed by atoms with van der Waals surface area (Å²) in [6.07, 6.45) is 7.38. The van der Waals surface area contributed by atoms with Crippen LogP contribution in [0.3, 0.4) is 0 Å². The highest BCUT2D eigenvalue weighted by atomic mass is 16.1. The number of rotatable bonds is 6. The summed E-state index contributed by atoms with van der Waals surface area (Å²) in [5.41, 5.74) is 1.78. The van der Waals surface area contributed by atoms with E-state index in [1.807, 2.05) is 28.6 Å². The molecule has 7 nitrogen and oxygen atoms in total. The zero-order chi connectivity index (χ0) is 17.1. The van der Waals surface area contributed by atoms with Crippen LogP contribution in [-0.2, 0) is 19.5 Å². The van der Waals surface area contributed by atoms with Gasteiger partial charge in [0.2, 0.25) is 0 Å². The van der Waals surface area contributed by atoms with Gasteiger partial charge in [0.1, 0.15) is 0 Å². The molecule has 0 saturated heterocycles. The Morgan fingerprint density at radius 1 is 1.46 bits per heavy atom. The van der Waals surface area contributed by atoms with Gasteiger partial charge in [-0.15, -0.1) is 0 Å². The maximum absolute atomic E-state index is 12.6. The fraction of sp³-hybridized carbons (Fsp3) is 0.588. The molecule has 24 heavy (non-hydrogen) atoms. The maximum atomic E-state index is 12.6. The van der Waals surface area contributed by atoms with Crippen LogP contribution in [0.15, 0.2) is 24.7 Å². The van der Waals surface area contributed by atoms with Crippen molar-refractivity contribution in [3.8, 4) is 0 Å². The Hall–Kier alpha value is -2.15. The number of fused-ring (bicyclic) bond motifs is 1. The topological polar surface area (TPSA) is 68.0 Å². The number of hydrogen-bond acceptors (Lipinski definition) is 4. The van der Waals surface area contributed by atoms with Gasteiger partial charge in [-0.25, -0.2) is 0 Å². The van der Waals surface area contributed by atoms with Gasteiger partial charge in [-0.2, -0.15) is 10.2 Å². The Morgan fingerprint density at radius 2 is 2.29 bits per heavy atom. The average Bonchev–Trinajstić information content (AvgIpc) is 3.15. The zero-order valence-electron chi connectivity index (χ0n) is 14.6. The highest BCUT2D eigenvalue weighted by Crippen LogP contribution is 2.23. The van der Waals surface area contributed by atoms with Gasteiger partial charge in [0.05, 0.1) is 24.0 Å². The lowest BCUT2D eigenvalue weighted by atomic mass is 9.94. The molecule has 7 heteroatoms. The summed E-state index contributed by atoms with van der Waals surface area (Å²) in [5.74, 6) is 0.540. The second kappa shape index (κ2) is 7.17. The first-order valence-electron chi connectivity index (χ1n) is 8.50. The van der Waals surface area contributed by atoms with Crippen molar-refractivity contribution in [3.63, 3.8) is 0 Å². The van der Waals surface area contributed by atoms with Crippen molar-refractivity contribution in [2.45, 2.75) is 38.9 Å². The molecule has 0 fully saturated rings. The largest absolute Gasteiger partial charge is 0.348 e. The molecule has 2 atom stereocenters. The van der Waals surface area contributed by atoms with Crippen molar-refractivity contribution in [1.29, 1.82) is 0 Å². The first-order chi connectivity index (χ1) is 11.5. The molecule has 0 unspecified atom stereocenters. The van der Waals surface area contributed by atoms with Gasteiger partial charge < -0.3 is 10.2 Å². The number of carbonyl (C=O) groups excluding carboxylic acids is 1. The number of hydrogen-bond donors (Lipinski definition) is 1. The molecule has 130 valence electrons. The summed E-state index contributed by atoms with van der Waals surface area (Å²) in [5, 5.41) is 11.6. The van der Waals surface area contributed by atoms with Crippen LogP contribution in [0.5, 0.6) is 0 Å². The molecular weight excluding hydrogens is 304 g/mol. The summed E-state index contributed by atoms with van der Waals surface area (Å²) in [7, 11) is 4.19. The smallest absolute Gasteiger partial charge is 0.255 e. The molecule has 1 amide bonds. The molecule has 2 aromatic heterocycles. The van der Waals surface area contributed by atoms with Crippen LogP contribution in [0.1, 0.15) is 29.4 Å². The second-order valence-electron chi connectivity index (χ2n) is 6.95. The van der Waals surface area contributed by atoms with E-state index in [0.29, 0.717) is 18.0 Å². The molecule has 3 heterocycles. The van der Waals surface area contributed by atoms with Gasteiger partial charge in [-0.05, 0) is 45.8 Å². The number of amides is 1. The SMILES string of the molecule is C[C@H](Cn1cccn1)NC(=O)c1cnn2c1C[C@H](CN(C)C)CC2. The standard InChI is InChI=1S/C17H26N6O/c1-13(11-22-7-4-6-18-22)20-17(24)15-10-19-23-8-5-14(9-16(15)23)12-21(2)3/h4,6-7,10,13-14H,5,8-9,11-12H2,1-3H3,(H,20,24)/t13-,14-/m1/s1. The molecule has 0 aliphatic carbocycles. The van der Waals surface area contributed by atoms with Crippen LogP contribution in [-0.4, -0.2) is 57.1 Å². The van der Waals surface area contributed by atoms with Crippen molar-refractivity contribution in [1.82, 2.24) is 29.8 Å². The van der Waals surface area contributed by atoms with Crippen molar-refractivity contribution in [3.05, 3.63) is 35.9 Å². The number of nitrogens with one attached hydrogen (secondary N) is 1. The van der Waals surface area contributed by atoms with Gasteiger partial charge in [-0.3, -0.25) is 14.2 Å². The minimum Gasteiger partial charge on any atom is -0.348 e. The molecular formula is C17H26N6O. The van der Waals surface area contributed by atoms with Crippen LogP contribution < -0.4 is 5.32 Å². The third-order valence-electron chi connectivity index (χ3n) is 4.45. The third kappa shape index (κ3) is 3.84. The quantitative estimate of drug-likeness (QED) is 0.859. The number of nitrogens with zero attached hydrogens (tertiary/aromatic N) is 5. The van der Waals surface area contributed by atoms with E-state index in [1.54, 1.807) is 12.4 Å². The molecule has 1 aliphatic heterocycles. The number of carbonyl (C=O) groups is 1. The minimum absolute atomic E-state index is 0.00844. The third-order valence-corrected chi connectivity index (χ3v) is 4.45. The summed E-state index contributed by atoms with van der Waals surface area (Å²) in [6.45, 7) is 4.59. The van der Waals surface area contributed by atoms with Crippen molar-refractivity contribution < 1.29 is 4.79 Å². The van der Waals surface area contributed by atoms with Crippen LogP contribution in [0.25, 0.3) is 0 Å². The fourth-order valence-electron chi connectivity index (χ4n) is 3.40. The molecule has 1 aliphatic rings. The van der Waals surface area contributed by atoms with Crippen LogP contribution in [0.2, 0.25) is 0 Å². The summed E-state index contributed by atoms with van der Waals surface area (Å²) in [6, 6.07) is 1.89. The number of aromatic nitrogens is 4. The van der Waals surface area contributed by atoms with E-state index in [4.69, 9.17) is 0 Å². The van der Waals surface area contributed by atoms with Gasteiger partial charge in [-0.1, -0.05) is 0 Å². The van der Waals surface area contributed by atoms with Gasteiger partial charge in [0.15, 0.2) is 0 Å².